The Kier molecular flexibility index (Phi) is 6.12. The van der Waals surface area contributed by atoms with Crippen LogP contribution in [0.15, 0.2) is 53.6 Å². The molecule has 2 amide bonds. The molecule has 1 aromatic heterocycles. The number of hydrogen-bond donors (Lipinski definition) is 1. The topological polar surface area (TPSA) is 74.8 Å². The second kappa shape index (κ2) is 9.11. The number of carbonyl (C=O) groups excluding carboxylic acids is 2. The Morgan fingerprint density at radius 3 is 2.52 bits per heavy atom. The van der Waals surface area contributed by atoms with Crippen LogP contribution < -0.4 is 15.0 Å². The zero-order chi connectivity index (χ0) is 20.1. The highest BCUT2D eigenvalue weighted by Gasteiger charge is 2.24. The molecular weight excluding hydrogens is 388 g/mol. The molecule has 0 atom stereocenters. The van der Waals surface area contributed by atoms with Gasteiger partial charge in [-0.05, 0) is 47.7 Å². The highest BCUT2D eigenvalue weighted by atomic mass is 32.2. The van der Waals surface area contributed by atoms with E-state index in [2.05, 4.69) is 20.1 Å². The van der Waals surface area contributed by atoms with Crippen molar-refractivity contribution in [3.05, 3.63) is 59.1 Å². The number of nitrogens with zero attached hydrogens (tertiary/aromatic N) is 3. The number of thioether (sulfide) groups is 1. The normalized spacial score (nSPS) is 18.9. The maximum absolute atomic E-state index is 11.6. The average Bonchev–Trinajstić information content (AvgIpc) is 3.07. The van der Waals surface area contributed by atoms with E-state index in [-0.39, 0.29) is 11.1 Å². The van der Waals surface area contributed by atoms with Crippen molar-refractivity contribution in [1.29, 1.82) is 0 Å². The molecule has 1 aromatic carbocycles. The largest absolute Gasteiger partial charge is 0.492 e. The Bertz CT molecular complexity index is 894. The first-order valence-corrected chi connectivity index (χ1v) is 10.3. The smallest absolute Gasteiger partial charge is 0.290 e. The van der Waals surface area contributed by atoms with E-state index in [1.165, 1.54) is 0 Å². The molecular formula is C21H22N4O3S. The standard InChI is InChI=1S/C21H22N4O3S/c26-20-18(29-21(27)23-20)15-16-4-6-17(7-5-16)28-14-13-24-9-11-25(12-10-24)19-3-1-2-8-22-19/h1-8,15H,9-14H2,(H,23,26,27)/b18-15-. The summed E-state index contributed by atoms with van der Waals surface area (Å²) in [5.74, 6) is 1.48. The number of carbonyl (C=O) groups is 2. The SMILES string of the molecule is O=C1NC(=O)/C(=C/c2ccc(OCCN3CCN(c4ccccn4)CC3)cc2)S1. The summed E-state index contributed by atoms with van der Waals surface area (Å²) in [6.45, 7) is 5.41. The lowest BCUT2D eigenvalue weighted by Gasteiger charge is -2.35. The van der Waals surface area contributed by atoms with Crippen molar-refractivity contribution in [1.82, 2.24) is 15.2 Å². The van der Waals surface area contributed by atoms with Gasteiger partial charge in [-0.1, -0.05) is 18.2 Å². The molecule has 150 valence electrons. The minimum atomic E-state index is -0.344. The van der Waals surface area contributed by atoms with Crippen molar-refractivity contribution in [2.75, 3.05) is 44.2 Å². The van der Waals surface area contributed by atoms with Gasteiger partial charge in [-0.2, -0.15) is 0 Å². The van der Waals surface area contributed by atoms with Gasteiger partial charge in [-0.25, -0.2) is 4.98 Å². The van der Waals surface area contributed by atoms with Crippen molar-refractivity contribution in [3.8, 4) is 5.75 Å². The van der Waals surface area contributed by atoms with Gasteiger partial charge >= 0.3 is 0 Å². The second-order valence-electron chi connectivity index (χ2n) is 6.79. The molecule has 1 N–H and O–H groups in total. The lowest BCUT2D eigenvalue weighted by molar-refractivity contribution is -0.115. The van der Waals surface area contributed by atoms with Crippen LogP contribution in [-0.2, 0) is 4.79 Å². The van der Waals surface area contributed by atoms with E-state index in [1.54, 1.807) is 6.08 Å². The summed E-state index contributed by atoms with van der Waals surface area (Å²) in [7, 11) is 0. The van der Waals surface area contributed by atoms with Gasteiger partial charge in [0.1, 0.15) is 18.2 Å². The molecule has 2 aliphatic heterocycles. The number of nitrogens with one attached hydrogen (secondary N) is 1. The van der Waals surface area contributed by atoms with E-state index < -0.39 is 0 Å². The number of piperazine rings is 1. The minimum absolute atomic E-state index is 0.331. The van der Waals surface area contributed by atoms with Crippen molar-refractivity contribution < 1.29 is 14.3 Å². The lowest BCUT2D eigenvalue weighted by Crippen LogP contribution is -2.47. The highest BCUT2D eigenvalue weighted by Crippen LogP contribution is 2.26. The molecule has 0 aliphatic carbocycles. The Morgan fingerprint density at radius 1 is 1.07 bits per heavy atom. The van der Waals surface area contributed by atoms with Gasteiger partial charge in [0, 0.05) is 38.9 Å². The number of benzene rings is 1. The molecule has 2 aliphatic rings. The second-order valence-corrected chi connectivity index (χ2v) is 7.80. The van der Waals surface area contributed by atoms with Crippen LogP contribution in [0.25, 0.3) is 6.08 Å². The molecule has 0 unspecified atom stereocenters. The summed E-state index contributed by atoms with van der Waals surface area (Å²) in [5.41, 5.74) is 0.857. The molecule has 7 nitrogen and oxygen atoms in total. The zero-order valence-corrected chi connectivity index (χ0v) is 16.7. The Hall–Kier alpha value is -2.84. The first-order chi connectivity index (χ1) is 14.2. The fourth-order valence-corrected chi connectivity index (χ4v) is 3.95. The van der Waals surface area contributed by atoms with Crippen molar-refractivity contribution >= 4 is 34.8 Å². The van der Waals surface area contributed by atoms with Crippen molar-refractivity contribution in [3.63, 3.8) is 0 Å². The van der Waals surface area contributed by atoms with Crippen molar-refractivity contribution in [2.24, 2.45) is 0 Å². The van der Waals surface area contributed by atoms with Crippen LogP contribution >= 0.6 is 11.8 Å². The number of imide groups is 1. The molecule has 2 aromatic rings. The third-order valence-corrected chi connectivity index (χ3v) is 5.65. The lowest BCUT2D eigenvalue weighted by atomic mass is 10.2. The zero-order valence-electron chi connectivity index (χ0n) is 15.9. The van der Waals surface area contributed by atoms with Crippen LogP contribution in [0.3, 0.4) is 0 Å². The predicted octanol–water partition coefficient (Wildman–Crippen LogP) is 2.61. The Balaban J connectivity index is 1.21. The monoisotopic (exact) mass is 410 g/mol. The van der Waals surface area contributed by atoms with Gasteiger partial charge in [0.05, 0.1) is 4.91 Å². The number of ether oxygens (including phenoxy) is 1. The van der Waals surface area contributed by atoms with Crippen molar-refractivity contribution in [2.45, 2.75) is 0 Å². The van der Waals surface area contributed by atoms with Crippen LogP contribution in [0.1, 0.15) is 5.56 Å². The summed E-state index contributed by atoms with van der Waals surface area (Å²) < 4.78 is 5.86. The molecule has 29 heavy (non-hydrogen) atoms. The summed E-state index contributed by atoms with van der Waals surface area (Å²) in [4.78, 5) is 32.3. The van der Waals surface area contributed by atoms with E-state index >= 15 is 0 Å². The molecule has 0 saturated carbocycles. The minimum Gasteiger partial charge on any atom is -0.492 e. The van der Waals surface area contributed by atoms with Gasteiger partial charge in [0.15, 0.2) is 0 Å². The fourth-order valence-electron chi connectivity index (χ4n) is 3.27. The molecule has 0 spiro atoms. The summed E-state index contributed by atoms with van der Waals surface area (Å²) in [5, 5.41) is 1.92. The summed E-state index contributed by atoms with van der Waals surface area (Å²) >= 11 is 0.918. The first kappa shape index (κ1) is 19.5. The highest BCUT2D eigenvalue weighted by molar-refractivity contribution is 8.18. The van der Waals surface area contributed by atoms with Crippen LogP contribution in [0.2, 0.25) is 0 Å². The van der Waals surface area contributed by atoms with Gasteiger partial charge in [-0.3, -0.25) is 19.8 Å². The van der Waals surface area contributed by atoms with E-state index in [1.807, 2.05) is 48.7 Å². The average molecular weight is 410 g/mol. The van der Waals surface area contributed by atoms with Crippen LogP contribution in [0, 0.1) is 0 Å². The predicted molar refractivity (Wildman–Crippen MR) is 114 cm³/mol. The van der Waals surface area contributed by atoms with E-state index in [0.29, 0.717) is 11.5 Å². The quantitative estimate of drug-likeness (QED) is 0.734. The molecule has 4 rings (SSSR count). The number of hydrogen-bond acceptors (Lipinski definition) is 7. The number of aromatic nitrogens is 1. The third kappa shape index (κ3) is 5.16. The Labute approximate surface area is 173 Å². The molecule has 0 radical (unpaired) electrons. The van der Waals surface area contributed by atoms with Gasteiger partial charge in [0.25, 0.3) is 11.1 Å². The molecule has 2 saturated heterocycles. The Morgan fingerprint density at radius 2 is 1.86 bits per heavy atom. The first-order valence-electron chi connectivity index (χ1n) is 9.53. The number of pyridine rings is 1. The maximum atomic E-state index is 11.6. The molecule has 2 fully saturated rings. The van der Waals surface area contributed by atoms with E-state index in [0.717, 1.165) is 61.6 Å². The van der Waals surface area contributed by atoms with Crippen LogP contribution in [-0.4, -0.2) is 60.4 Å². The van der Waals surface area contributed by atoms with Gasteiger partial charge in [-0.15, -0.1) is 0 Å². The molecule has 0 bridgehead atoms. The number of anilines is 1. The fraction of sp³-hybridized carbons (Fsp3) is 0.286. The maximum Gasteiger partial charge on any atom is 0.290 e. The molecule has 8 heteroatoms. The van der Waals surface area contributed by atoms with Gasteiger partial charge in [0.2, 0.25) is 0 Å². The third-order valence-electron chi connectivity index (χ3n) is 4.84. The van der Waals surface area contributed by atoms with E-state index in [9.17, 15) is 9.59 Å². The summed E-state index contributed by atoms with van der Waals surface area (Å²) in [6.07, 6.45) is 3.54. The number of rotatable bonds is 6. The van der Waals surface area contributed by atoms with E-state index in [4.69, 9.17) is 4.74 Å². The van der Waals surface area contributed by atoms with Crippen LogP contribution in [0.4, 0.5) is 10.6 Å². The molecule has 3 heterocycles. The summed E-state index contributed by atoms with van der Waals surface area (Å²) in [6, 6.07) is 13.5. The van der Waals surface area contributed by atoms with Gasteiger partial charge < -0.3 is 9.64 Å². The number of amides is 2. The van der Waals surface area contributed by atoms with Crippen LogP contribution in [0.5, 0.6) is 5.75 Å².